The number of aromatic nitrogens is 5. The van der Waals surface area contributed by atoms with Gasteiger partial charge in [0, 0.05) is 13.1 Å². The van der Waals surface area contributed by atoms with Crippen LogP contribution in [0.4, 0.5) is 0 Å². The zero-order valence-corrected chi connectivity index (χ0v) is 14.9. The molecule has 2 aromatic heterocycles. The Morgan fingerprint density at radius 3 is 2.62 bits per heavy atom. The Balaban J connectivity index is 1.74. The first-order chi connectivity index (χ1) is 11.5. The summed E-state index contributed by atoms with van der Waals surface area (Å²) >= 11 is 0. The molecule has 24 heavy (non-hydrogen) atoms. The van der Waals surface area contributed by atoms with Crippen molar-refractivity contribution >= 4 is 5.91 Å². The smallest absolute Gasteiger partial charge is 0.270 e. The van der Waals surface area contributed by atoms with Crippen molar-refractivity contribution in [1.82, 2.24) is 29.9 Å². The highest BCUT2D eigenvalue weighted by atomic mass is 16.2. The first-order valence-electron chi connectivity index (χ1n) is 8.71. The van der Waals surface area contributed by atoms with Gasteiger partial charge in [-0.2, -0.15) is 5.10 Å². The van der Waals surface area contributed by atoms with Crippen molar-refractivity contribution < 1.29 is 4.79 Å². The van der Waals surface area contributed by atoms with Gasteiger partial charge in [-0.05, 0) is 31.7 Å². The number of nitrogens with one attached hydrogen (secondary N) is 1. The third-order valence-electron chi connectivity index (χ3n) is 4.78. The largest absolute Gasteiger partial charge is 0.341 e. The molecule has 0 radical (unpaired) electrons. The third-order valence-corrected chi connectivity index (χ3v) is 4.78. The van der Waals surface area contributed by atoms with Crippen LogP contribution in [0.1, 0.15) is 86.5 Å². The summed E-state index contributed by atoms with van der Waals surface area (Å²) in [6, 6.07) is 2.12. The van der Waals surface area contributed by atoms with Crippen molar-refractivity contribution in [2.45, 2.75) is 64.5 Å². The van der Waals surface area contributed by atoms with Crippen LogP contribution in [0.3, 0.4) is 0 Å². The molecule has 0 aliphatic heterocycles. The van der Waals surface area contributed by atoms with Crippen LogP contribution in [0.5, 0.6) is 0 Å². The molecular formula is C17H26N6O. The highest BCUT2D eigenvalue weighted by molar-refractivity contribution is 5.92. The number of aryl methyl sites for hydroxylation is 1. The van der Waals surface area contributed by atoms with E-state index in [1.807, 2.05) is 13.0 Å². The Hall–Kier alpha value is -2.18. The van der Waals surface area contributed by atoms with Gasteiger partial charge in [0.05, 0.1) is 11.7 Å². The molecule has 0 spiro atoms. The lowest BCUT2D eigenvalue weighted by Gasteiger charge is -2.18. The van der Waals surface area contributed by atoms with Gasteiger partial charge in [-0.3, -0.25) is 9.48 Å². The number of rotatable bonds is 5. The van der Waals surface area contributed by atoms with E-state index in [-0.39, 0.29) is 11.9 Å². The minimum atomic E-state index is -0.196. The van der Waals surface area contributed by atoms with Crippen LogP contribution in [0, 0.1) is 0 Å². The molecule has 1 atom stereocenters. The quantitative estimate of drug-likeness (QED) is 0.914. The van der Waals surface area contributed by atoms with E-state index in [0.717, 1.165) is 24.4 Å². The minimum Gasteiger partial charge on any atom is -0.341 e. The fourth-order valence-corrected chi connectivity index (χ4v) is 3.34. The third kappa shape index (κ3) is 3.20. The topological polar surface area (TPSA) is 77.6 Å². The van der Waals surface area contributed by atoms with E-state index in [1.54, 1.807) is 18.1 Å². The van der Waals surface area contributed by atoms with E-state index in [2.05, 4.69) is 39.0 Å². The maximum absolute atomic E-state index is 12.6. The lowest BCUT2D eigenvalue weighted by molar-refractivity contribution is 0.0927. The average molecular weight is 330 g/mol. The molecular weight excluding hydrogens is 304 g/mol. The Morgan fingerprint density at radius 2 is 2.00 bits per heavy atom. The van der Waals surface area contributed by atoms with Gasteiger partial charge in [0.2, 0.25) is 0 Å². The van der Waals surface area contributed by atoms with Gasteiger partial charge in [-0.25, -0.2) is 0 Å². The van der Waals surface area contributed by atoms with Crippen molar-refractivity contribution in [3.8, 4) is 0 Å². The van der Waals surface area contributed by atoms with E-state index in [0.29, 0.717) is 17.7 Å². The van der Waals surface area contributed by atoms with Crippen LogP contribution in [0.15, 0.2) is 12.4 Å². The van der Waals surface area contributed by atoms with Crippen LogP contribution in [-0.4, -0.2) is 30.5 Å². The van der Waals surface area contributed by atoms with E-state index < -0.39 is 0 Å². The number of hydrogen-bond donors (Lipinski definition) is 1. The van der Waals surface area contributed by atoms with Gasteiger partial charge < -0.3 is 9.88 Å². The van der Waals surface area contributed by atoms with E-state index >= 15 is 0 Å². The Bertz CT molecular complexity index is 710. The standard InChI is InChI=1S/C17H26N6O/c1-11(2)14-9-15(22(4)21-14)17(24)19-12(3)16-20-18-10-23(16)13-7-5-6-8-13/h9-13H,5-8H2,1-4H3,(H,19,24)/t12-/m0/s1. The van der Waals surface area contributed by atoms with Crippen molar-refractivity contribution in [2.75, 3.05) is 0 Å². The second kappa shape index (κ2) is 6.75. The lowest BCUT2D eigenvalue weighted by Crippen LogP contribution is -2.30. The monoisotopic (exact) mass is 330 g/mol. The summed E-state index contributed by atoms with van der Waals surface area (Å²) in [4.78, 5) is 12.6. The molecule has 1 fully saturated rings. The van der Waals surface area contributed by atoms with E-state index in [9.17, 15) is 4.79 Å². The van der Waals surface area contributed by atoms with Gasteiger partial charge in [0.25, 0.3) is 5.91 Å². The molecule has 1 amide bonds. The molecule has 2 aromatic rings. The van der Waals surface area contributed by atoms with Crippen molar-refractivity contribution in [3.63, 3.8) is 0 Å². The highest BCUT2D eigenvalue weighted by Crippen LogP contribution is 2.31. The van der Waals surface area contributed by atoms with Gasteiger partial charge in [0.1, 0.15) is 12.0 Å². The minimum absolute atomic E-state index is 0.134. The van der Waals surface area contributed by atoms with E-state index in [4.69, 9.17) is 0 Å². The van der Waals surface area contributed by atoms with Gasteiger partial charge >= 0.3 is 0 Å². The summed E-state index contributed by atoms with van der Waals surface area (Å²) < 4.78 is 3.76. The van der Waals surface area contributed by atoms with Crippen LogP contribution in [-0.2, 0) is 7.05 Å². The molecule has 1 aliphatic rings. The van der Waals surface area contributed by atoms with Crippen LogP contribution in [0.2, 0.25) is 0 Å². The molecule has 7 nitrogen and oxygen atoms in total. The maximum atomic E-state index is 12.6. The molecule has 0 unspecified atom stereocenters. The number of amides is 1. The SMILES string of the molecule is CC(C)c1cc(C(=O)N[C@@H](C)c2nncn2C2CCCC2)n(C)n1. The van der Waals surface area contributed by atoms with Crippen LogP contribution in [0.25, 0.3) is 0 Å². The Kier molecular flexibility index (Phi) is 4.69. The van der Waals surface area contributed by atoms with E-state index in [1.165, 1.54) is 12.8 Å². The number of nitrogens with zero attached hydrogens (tertiary/aromatic N) is 5. The van der Waals surface area contributed by atoms with Crippen molar-refractivity contribution in [2.24, 2.45) is 7.05 Å². The summed E-state index contributed by atoms with van der Waals surface area (Å²) in [6.45, 7) is 6.08. The predicted octanol–water partition coefficient (Wildman–Crippen LogP) is 2.74. The highest BCUT2D eigenvalue weighted by Gasteiger charge is 2.24. The van der Waals surface area contributed by atoms with Crippen molar-refractivity contribution in [3.05, 3.63) is 29.6 Å². The van der Waals surface area contributed by atoms with Gasteiger partial charge in [-0.1, -0.05) is 26.7 Å². The summed E-state index contributed by atoms with van der Waals surface area (Å²) in [5.74, 6) is 0.979. The van der Waals surface area contributed by atoms with Gasteiger partial charge in [-0.15, -0.1) is 10.2 Å². The summed E-state index contributed by atoms with van der Waals surface area (Å²) in [6.07, 6.45) is 6.59. The molecule has 0 saturated heterocycles. The number of carbonyl (C=O) groups excluding carboxylic acids is 1. The lowest BCUT2D eigenvalue weighted by atomic mass is 10.1. The molecule has 0 aromatic carbocycles. The summed E-state index contributed by atoms with van der Waals surface area (Å²) in [5, 5.41) is 15.7. The second-order valence-electron chi connectivity index (χ2n) is 6.96. The molecule has 130 valence electrons. The van der Waals surface area contributed by atoms with Crippen LogP contribution < -0.4 is 5.32 Å². The molecule has 1 aliphatic carbocycles. The fraction of sp³-hybridized carbons (Fsp3) is 0.647. The van der Waals surface area contributed by atoms with Crippen LogP contribution >= 0.6 is 0 Å². The average Bonchev–Trinajstić information content (AvgIpc) is 3.26. The zero-order chi connectivity index (χ0) is 17.3. The molecule has 7 heteroatoms. The first kappa shape index (κ1) is 16.7. The number of carbonyl (C=O) groups is 1. The zero-order valence-electron chi connectivity index (χ0n) is 14.9. The Labute approximate surface area is 142 Å². The first-order valence-corrected chi connectivity index (χ1v) is 8.71. The molecule has 2 heterocycles. The summed E-state index contributed by atoms with van der Waals surface area (Å²) in [7, 11) is 1.80. The van der Waals surface area contributed by atoms with Gasteiger partial charge in [0.15, 0.2) is 5.82 Å². The second-order valence-corrected chi connectivity index (χ2v) is 6.96. The molecule has 3 rings (SSSR count). The number of hydrogen-bond acceptors (Lipinski definition) is 4. The molecule has 1 saturated carbocycles. The predicted molar refractivity (Wildman–Crippen MR) is 90.7 cm³/mol. The maximum Gasteiger partial charge on any atom is 0.270 e. The van der Waals surface area contributed by atoms with Crippen molar-refractivity contribution in [1.29, 1.82) is 0 Å². The molecule has 1 N–H and O–H groups in total. The normalized spacial score (nSPS) is 16.7. The Morgan fingerprint density at radius 1 is 1.29 bits per heavy atom. The summed E-state index contributed by atoms with van der Waals surface area (Å²) in [5.41, 5.74) is 1.49. The fourth-order valence-electron chi connectivity index (χ4n) is 3.34. The molecule has 0 bridgehead atoms.